The van der Waals surface area contributed by atoms with Crippen molar-refractivity contribution >= 4 is 17.6 Å². The predicted octanol–water partition coefficient (Wildman–Crippen LogP) is 5.11. The van der Waals surface area contributed by atoms with Gasteiger partial charge in [-0.1, -0.05) is 53.2 Å². The lowest BCUT2D eigenvalue weighted by Crippen LogP contribution is -2.49. The Morgan fingerprint density at radius 3 is 2.56 bits per heavy atom. The highest BCUT2D eigenvalue weighted by molar-refractivity contribution is 6.30. The molecule has 0 spiro atoms. The number of hydrogen-bond donors (Lipinski definition) is 1. The Balaban J connectivity index is 1.12. The fourth-order valence-electron chi connectivity index (χ4n) is 4.53. The van der Waals surface area contributed by atoms with Crippen LogP contribution in [-0.2, 0) is 21.5 Å². The van der Waals surface area contributed by atoms with Crippen molar-refractivity contribution in [3.63, 3.8) is 0 Å². The van der Waals surface area contributed by atoms with Crippen LogP contribution in [0.2, 0.25) is 5.02 Å². The van der Waals surface area contributed by atoms with E-state index in [1.54, 1.807) is 0 Å². The van der Waals surface area contributed by atoms with Crippen LogP contribution in [0, 0.1) is 5.92 Å². The lowest BCUT2D eigenvalue weighted by atomic mass is 9.93. The Hall–Kier alpha value is -2.74. The van der Waals surface area contributed by atoms with E-state index < -0.39 is 5.97 Å². The van der Waals surface area contributed by atoms with Gasteiger partial charge in [-0.15, -0.1) is 0 Å². The van der Waals surface area contributed by atoms with E-state index in [1.807, 2.05) is 43.3 Å². The highest BCUT2D eigenvalue weighted by Gasteiger charge is 2.43. The van der Waals surface area contributed by atoms with Crippen LogP contribution >= 0.6 is 11.6 Å². The molecule has 1 saturated heterocycles. The molecule has 7 nitrogen and oxygen atoms in total. The number of halogens is 1. The summed E-state index contributed by atoms with van der Waals surface area (Å²) in [5, 5.41) is 13.9. The van der Waals surface area contributed by atoms with Crippen molar-refractivity contribution < 1.29 is 19.2 Å². The van der Waals surface area contributed by atoms with Gasteiger partial charge in [-0.25, -0.2) is 0 Å². The largest absolute Gasteiger partial charge is 0.481 e. The van der Waals surface area contributed by atoms with Crippen LogP contribution in [0.4, 0.5) is 0 Å². The first kappa shape index (κ1) is 23.0. The highest BCUT2D eigenvalue weighted by Crippen LogP contribution is 2.51. The number of benzene rings is 2. The van der Waals surface area contributed by atoms with Gasteiger partial charge in [0.1, 0.15) is 6.10 Å². The van der Waals surface area contributed by atoms with E-state index in [0.29, 0.717) is 31.4 Å². The van der Waals surface area contributed by atoms with Gasteiger partial charge in [0, 0.05) is 36.8 Å². The van der Waals surface area contributed by atoms with Crippen molar-refractivity contribution in [2.45, 2.75) is 44.2 Å². The van der Waals surface area contributed by atoms with E-state index in [-0.39, 0.29) is 17.4 Å². The second kappa shape index (κ2) is 9.49. The van der Waals surface area contributed by atoms with Crippen LogP contribution in [0.1, 0.15) is 49.3 Å². The number of hydrogen-bond acceptors (Lipinski definition) is 6. The summed E-state index contributed by atoms with van der Waals surface area (Å²) in [5.41, 5.74) is 3.53. The number of ether oxygens (including phenoxy) is 1. The zero-order valence-electron chi connectivity index (χ0n) is 19.1. The third-order valence-electron chi connectivity index (χ3n) is 6.97. The van der Waals surface area contributed by atoms with Gasteiger partial charge in [-0.05, 0) is 54.9 Å². The molecule has 0 radical (unpaired) electrons. The van der Waals surface area contributed by atoms with E-state index >= 15 is 0 Å². The van der Waals surface area contributed by atoms with Crippen LogP contribution in [0.15, 0.2) is 53.1 Å². The van der Waals surface area contributed by atoms with Crippen molar-refractivity contribution in [1.29, 1.82) is 0 Å². The molecule has 2 fully saturated rings. The fourth-order valence-corrected chi connectivity index (χ4v) is 4.66. The summed E-state index contributed by atoms with van der Waals surface area (Å²) in [7, 11) is 0. The second-order valence-electron chi connectivity index (χ2n) is 9.43. The first-order valence-electron chi connectivity index (χ1n) is 11.7. The summed E-state index contributed by atoms with van der Waals surface area (Å²) in [6.07, 6.45) is 3.01. The average Bonchev–Trinajstić information content (AvgIpc) is 3.42. The first-order valence-corrected chi connectivity index (χ1v) is 12.1. The maximum Gasteiger partial charge on any atom is 0.309 e. The van der Waals surface area contributed by atoms with Gasteiger partial charge >= 0.3 is 5.97 Å². The van der Waals surface area contributed by atoms with E-state index in [1.165, 1.54) is 18.4 Å². The smallest absolute Gasteiger partial charge is 0.309 e. The Bertz CT molecular complexity index is 1140. The summed E-state index contributed by atoms with van der Waals surface area (Å²) >= 11 is 6.02. The number of carboxylic acid groups (broad SMARTS) is 1. The van der Waals surface area contributed by atoms with Crippen LogP contribution in [0.25, 0.3) is 11.4 Å². The molecule has 1 unspecified atom stereocenters. The molecule has 0 bridgehead atoms. The molecular weight excluding hydrogens is 454 g/mol. The molecule has 1 saturated carbocycles. The number of nitrogens with zero attached hydrogens (tertiary/aromatic N) is 3. The van der Waals surface area contributed by atoms with Gasteiger partial charge in [0.05, 0.1) is 5.92 Å². The number of aliphatic carboxylic acids is 1. The molecular formula is C26H28ClN3O4. The SMILES string of the molecule is CC(OCCC1(c2ccc(Cl)cc2)CC1)c1nc(-c2ccc(CN3CC(C(=O)O)C3)cc2)no1. The summed E-state index contributed by atoms with van der Waals surface area (Å²) in [5.74, 6) is 0.0437. The predicted molar refractivity (Wildman–Crippen MR) is 127 cm³/mol. The second-order valence-corrected chi connectivity index (χ2v) is 9.87. The lowest BCUT2D eigenvalue weighted by molar-refractivity contribution is -0.147. The summed E-state index contributed by atoms with van der Waals surface area (Å²) < 4.78 is 11.5. The lowest BCUT2D eigenvalue weighted by Gasteiger charge is -2.36. The number of carboxylic acids is 1. The zero-order chi connectivity index (χ0) is 23.7. The van der Waals surface area contributed by atoms with Crippen molar-refractivity contribution in [3.05, 3.63) is 70.6 Å². The first-order chi connectivity index (χ1) is 16.4. The van der Waals surface area contributed by atoms with Crippen LogP contribution < -0.4 is 0 Å². The molecule has 8 heteroatoms. The molecule has 1 N–H and O–H groups in total. The van der Waals surface area contributed by atoms with Crippen molar-refractivity contribution in [3.8, 4) is 11.4 Å². The van der Waals surface area contributed by atoms with Crippen LogP contribution in [-0.4, -0.2) is 45.8 Å². The molecule has 2 heterocycles. The van der Waals surface area contributed by atoms with E-state index in [4.69, 9.17) is 26.0 Å². The van der Waals surface area contributed by atoms with Crippen molar-refractivity contribution in [2.24, 2.45) is 5.92 Å². The number of likely N-dealkylation sites (tertiary alicyclic amines) is 1. The number of aromatic nitrogens is 2. The zero-order valence-corrected chi connectivity index (χ0v) is 19.9. The molecule has 1 aromatic heterocycles. The molecule has 1 aliphatic carbocycles. The Labute approximate surface area is 203 Å². The van der Waals surface area contributed by atoms with Gasteiger partial charge < -0.3 is 14.4 Å². The third-order valence-corrected chi connectivity index (χ3v) is 7.22. The minimum absolute atomic E-state index is 0.205. The molecule has 3 aromatic rings. The molecule has 178 valence electrons. The molecule has 34 heavy (non-hydrogen) atoms. The molecule has 5 rings (SSSR count). The van der Waals surface area contributed by atoms with Gasteiger partial charge in [-0.3, -0.25) is 9.69 Å². The molecule has 2 aromatic carbocycles. The van der Waals surface area contributed by atoms with E-state index in [0.717, 1.165) is 29.1 Å². The summed E-state index contributed by atoms with van der Waals surface area (Å²) in [6, 6.07) is 16.1. The standard InChI is InChI=1S/C26H28ClN3O4/c1-17(33-13-12-26(10-11-26)21-6-8-22(27)9-7-21)24-28-23(29-34-24)19-4-2-18(3-5-19)14-30-15-20(16-30)25(31)32/h2-9,17,20H,10-16H2,1H3,(H,31,32). The van der Waals surface area contributed by atoms with Crippen LogP contribution in [0.5, 0.6) is 0 Å². The summed E-state index contributed by atoms with van der Waals surface area (Å²) in [6.45, 7) is 4.49. The van der Waals surface area contributed by atoms with Gasteiger partial charge in [0.25, 0.3) is 5.89 Å². The number of rotatable bonds is 10. The maximum atomic E-state index is 10.9. The third kappa shape index (κ3) is 5.02. The van der Waals surface area contributed by atoms with Gasteiger partial charge in [0.15, 0.2) is 0 Å². The Morgan fingerprint density at radius 1 is 1.21 bits per heavy atom. The van der Waals surface area contributed by atoms with Gasteiger partial charge in [-0.2, -0.15) is 4.98 Å². The minimum Gasteiger partial charge on any atom is -0.481 e. The fraction of sp³-hybridized carbons (Fsp3) is 0.423. The van der Waals surface area contributed by atoms with Crippen molar-refractivity contribution in [1.82, 2.24) is 15.0 Å². The van der Waals surface area contributed by atoms with E-state index in [9.17, 15) is 4.79 Å². The van der Waals surface area contributed by atoms with Crippen molar-refractivity contribution in [2.75, 3.05) is 19.7 Å². The Morgan fingerprint density at radius 2 is 1.91 bits per heavy atom. The molecule has 1 aliphatic heterocycles. The molecule has 2 aliphatic rings. The maximum absolute atomic E-state index is 10.9. The highest BCUT2D eigenvalue weighted by atomic mass is 35.5. The minimum atomic E-state index is -0.716. The molecule has 1 atom stereocenters. The Kier molecular flexibility index (Phi) is 6.42. The topological polar surface area (TPSA) is 88.7 Å². The van der Waals surface area contributed by atoms with E-state index in [2.05, 4.69) is 27.2 Å². The van der Waals surface area contributed by atoms with Crippen LogP contribution in [0.3, 0.4) is 0 Å². The summed E-state index contributed by atoms with van der Waals surface area (Å²) in [4.78, 5) is 17.6. The average molecular weight is 482 g/mol. The number of carbonyl (C=O) groups is 1. The quantitative estimate of drug-likeness (QED) is 0.430. The van der Waals surface area contributed by atoms with Gasteiger partial charge in [0.2, 0.25) is 5.82 Å². The monoisotopic (exact) mass is 481 g/mol. The molecule has 0 amide bonds. The normalized spacial score (nSPS) is 18.4.